The van der Waals surface area contributed by atoms with Crippen molar-refractivity contribution in [3.05, 3.63) is 81.7 Å². The summed E-state index contributed by atoms with van der Waals surface area (Å²) in [7, 11) is 4.16. The Morgan fingerprint density at radius 2 is 1.88 bits per heavy atom. The van der Waals surface area contributed by atoms with Crippen LogP contribution in [-0.4, -0.2) is 31.2 Å². The fraction of sp³-hybridized carbons (Fsp3) is 0.346. The Morgan fingerprint density at radius 1 is 1.12 bits per heavy atom. The van der Waals surface area contributed by atoms with E-state index in [1.165, 1.54) is 18.2 Å². The molecule has 1 aliphatic carbocycles. The molecule has 2 aromatic carbocycles. The Bertz CT molecular complexity index is 1150. The summed E-state index contributed by atoms with van der Waals surface area (Å²) >= 11 is 0. The van der Waals surface area contributed by atoms with Gasteiger partial charge in [0.15, 0.2) is 18.4 Å². The van der Waals surface area contributed by atoms with Gasteiger partial charge in [0, 0.05) is 25.0 Å². The molecule has 1 heterocycles. The van der Waals surface area contributed by atoms with Gasteiger partial charge >= 0.3 is 0 Å². The zero-order valence-electron chi connectivity index (χ0n) is 19.3. The molecule has 0 amide bonds. The van der Waals surface area contributed by atoms with Crippen LogP contribution in [0.15, 0.2) is 63.9 Å². The average molecular weight is 471 g/mol. The second kappa shape index (κ2) is 10.1. The van der Waals surface area contributed by atoms with Gasteiger partial charge in [0.05, 0.1) is 5.56 Å². The number of aliphatic imine (C=N–C) groups is 1. The van der Waals surface area contributed by atoms with E-state index < -0.39 is 11.6 Å². The van der Waals surface area contributed by atoms with Crippen LogP contribution in [0.5, 0.6) is 5.75 Å². The summed E-state index contributed by atoms with van der Waals surface area (Å²) in [6.45, 7) is 4.44. The van der Waals surface area contributed by atoms with Crippen LogP contribution in [0, 0.1) is 11.6 Å². The van der Waals surface area contributed by atoms with Crippen molar-refractivity contribution >= 4 is 20.4 Å². The number of hydrogen-bond donors (Lipinski definition) is 0. The Balaban J connectivity index is 1.83. The molecule has 1 fully saturated rings. The smallest absolute Gasteiger partial charge is 0.188 e. The highest BCUT2D eigenvalue weighted by Crippen LogP contribution is 2.42. The molecule has 0 radical (unpaired) electrons. The molecule has 1 unspecified atom stereocenters. The summed E-state index contributed by atoms with van der Waals surface area (Å²) in [5, 5.41) is 1.11. The Kier molecular flexibility index (Phi) is 7.26. The van der Waals surface area contributed by atoms with Crippen LogP contribution < -0.4 is 10.0 Å². The third-order valence-electron chi connectivity index (χ3n) is 5.89. The predicted octanol–water partition coefficient (Wildman–Crippen LogP) is 5.48. The number of rotatable bonds is 8. The van der Waals surface area contributed by atoms with Crippen molar-refractivity contribution in [3.8, 4) is 5.75 Å². The molecular formula is C26H29F2N2O2P. The van der Waals surface area contributed by atoms with Crippen molar-refractivity contribution in [1.29, 1.82) is 0 Å². The Labute approximate surface area is 196 Å². The lowest BCUT2D eigenvalue weighted by Crippen LogP contribution is -2.37. The number of allylic oxidation sites excluding steroid dienone is 3. The molecule has 0 N–H and O–H groups in total. The van der Waals surface area contributed by atoms with Gasteiger partial charge in [0.2, 0.25) is 0 Å². The fourth-order valence-electron chi connectivity index (χ4n) is 4.25. The molecule has 0 saturated heterocycles. The van der Waals surface area contributed by atoms with Crippen molar-refractivity contribution in [2.24, 2.45) is 4.99 Å². The van der Waals surface area contributed by atoms with Crippen molar-refractivity contribution < 1.29 is 18.3 Å². The first-order chi connectivity index (χ1) is 15.9. The Morgan fingerprint density at radius 3 is 2.55 bits per heavy atom. The van der Waals surface area contributed by atoms with Crippen molar-refractivity contribution in [3.63, 3.8) is 0 Å². The average Bonchev–Trinajstić information content (AvgIpc) is 3.63. The molecule has 33 heavy (non-hydrogen) atoms. The number of ether oxygens (including phenoxy) is 2. The number of methoxy groups -OCH3 is 1. The van der Waals surface area contributed by atoms with Gasteiger partial charge < -0.3 is 14.4 Å². The molecule has 1 saturated carbocycles. The predicted molar refractivity (Wildman–Crippen MR) is 131 cm³/mol. The van der Waals surface area contributed by atoms with Gasteiger partial charge in [-0.25, -0.2) is 13.8 Å². The largest absolute Gasteiger partial charge is 0.464 e. The number of nitrogens with zero attached hydrogens (tertiary/aromatic N) is 2. The molecule has 174 valence electrons. The summed E-state index contributed by atoms with van der Waals surface area (Å²) in [4.78, 5) is 6.86. The van der Waals surface area contributed by atoms with Crippen LogP contribution >= 0.6 is 9.24 Å². The number of amidine groups is 1. The zero-order chi connectivity index (χ0) is 23.5. The minimum atomic E-state index is -0.648. The lowest BCUT2D eigenvalue weighted by atomic mass is 9.99. The van der Waals surface area contributed by atoms with E-state index in [2.05, 4.69) is 33.2 Å². The monoisotopic (exact) mass is 470 g/mol. The van der Waals surface area contributed by atoms with E-state index in [0.717, 1.165) is 60.1 Å². The quantitative estimate of drug-likeness (QED) is 0.378. The van der Waals surface area contributed by atoms with Gasteiger partial charge in [0.1, 0.15) is 11.7 Å². The van der Waals surface area contributed by atoms with E-state index >= 15 is 4.39 Å². The molecule has 2 aromatic rings. The van der Waals surface area contributed by atoms with E-state index in [1.54, 1.807) is 0 Å². The van der Waals surface area contributed by atoms with Crippen molar-refractivity contribution in [2.75, 3.05) is 20.4 Å². The van der Waals surface area contributed by atoms with Gasteiger partial charge in [-0.05, 0) is 66.8 Å². The lowest BCUT2D eigenvalue weighted by Gasteiger charge is -2.35. The summed E-state index contributed by atoms with van der Waals surface area (Å²) in [5.41, 5.74) is 5.61. The highest BCUT2D eigenvalue weighted by molar-refractivity contribution is 7.27. The first-order valence-electron chi connectivity index (χ1n) is 11.2. The fourth-order valence-corrected chi connectivity index (χ4v) is 4.58. The van der Waals surface area contributed by atoms with Crippen LogP contribution in [0.4, 0.5) is 8.78 Å². The maximum absolute atomic E-state index is 15.3. The summed E-state index contributed by atoms with van der Waals surface area (Å²) in [6.07, 6.45) is 3.57. The van der Waals surface area contributed by atoms with Gasteiger partial charge in [-0.3, -0.25) is 0 Å². The molecule has 4 rings (SSSR count). The number of halogens is 2. The second-order valence-electron chi connectivity index (χ2n) is 8.24. The maximum atomic E-state index is 15.3. The molecule has 1 aliphatic heterocycles. The van der Waals surface area contributed by atoms with E-state index in [0.29, 0.717) is 12.4 Å². The molecule has 2 aliphatic rings. The third-order valence-corrected chi connectivity index (χ3v) is 6.25. The number of benzene rings is 2. The first-order valence-corrected chi connectivity index (χ1v) is 11.7. The molecule has 4 nitrogen and oxygen atoms in total. The normalized spacial score (nSPS) is 15.8. The summed E-state index contributed by atoms with van der Waals surface area (Å²) < 4.78 is 40.5. The van der Waals surface area contributed by atoms with E-state index in [1.807, 2.05) is 19.1 Å². The van der Waals surface area contributed by atoms with Gasteiger partial charge in [-0.2, -0.15) is 0 Å². The molecule has 0 aromatic heterocycles. The van der Waals surface area contributed by atoms with E-state index in [9.17, 15) is 4.39 Å². The number of hydrogen-bond acceptors (Lipinski definition) is 4. The highest BCUT2D eigenvalue weighted by atomic mass is 31.0. The highest BCUT2D eigenvalue weighted by Gasteiger charge is 2.34. The lowest BCUT2D eigenvalue weighted by molar-refractivity contribution is 0.0478. The van der Waals surface area contributed by atoms with E-state index in [4.69, 9.17) is 14.5 Å². The minimum Gasteiger partial charge on any atom is -0.464 e. The molecule has 7 heteroatoms. The van der Waals surface area contributed by atoms with Crippen LogP contribution in [0.3, 0.4) is 0 Å². The van der Waals surface area contributed by atoms with Gasteiger partial charge in [-0.1, -0.05) is 31.2 Å². The maximum Gasteiger partial charge on any atom is 0.188 e. The van der Waals surface area contributed by atoms with Gasteiger partial charge in [-0.15, -0.1) is 9.24 Å². The molecule has 0 spiro atoms. The van der Waals surface area contributed by atoms with Crippen LogP contribution in [0.2, 0.25) is 0 Å². The van der Waals surface area contributed by atoms with Crippen LogP contribution in [0.25, 0.3) is 0 Å². The molecule has 0 bridgehead atoms. The Hall–Kier alpha value is -2.56. The van der Waals surface area contributed by atoms with E-state index in [-0.39, 0.29) is 18.1 Å². The van der Waals surface area contributed by atoms with Crippen molar-refractivity contribution in [1.82, 2.24) is 4.90 Å². The molecule has 1 atom stereocenters. The third kappa shape index (κ3) is 5.02. The topological polar surface area (TPSA) is 34.1 Å². The summed E-state index contributed by atoms with van der Waals surface area (Å²) in [6, 6.07) is 10.4. The van der Waals surface area contributed by atoms with Gasteiger partial charge in [0.25, 0.3) is 0 Å². The summed E-state index contributed by atoms with van der Waals surface area (Å²) in [5.74, 6) is -1.03. The minimum absolute atomic E-state index is 0.0279. The second-order valence-corrected chi connectivity index (χ2v) is 8.90. The SMILES string of the molecule is CCC1=C(C)N=C(c2c(F)ccc(F)c2OCOC)N(CCc2cccc(P)c2)C1=C1CC1. The van der Waals surface area contributed by atoms with Crippen molar-refractivity contribution in [2.45, 2.75) is 39.5 Å². The first kappa shape index (κ1) is 23.6. The van der Waals surface area contributed by atoms with Crippen LogP contribution in [0.1, 0.15) is 44.2 Å². The molecular weight excluding hydrogens is 441 g/mol. The van der Waals surface area contributed by atoms with Crippen LogP contribution in [-0.2, 0) is 11.2 Å². The standard InChI is InChI=1S/C26H29F2N2O2P/c1-4-20-16(2)29-26(23-21(27)10-11-22(28)25(23)32-15-31-3)30(24(20)18-8-9-18)13-12-17-6-5-7-19(33)14-17/h5-7,10-11,14H,4,8-9,12-13,15,33H2,1-3H3. The zero-order valence-corrected chi connectivity index (χ0v) is 20.4.